The van der Waals surface area contributed by atoms with Crippen molar-refractivity contribution in [3.05, 3.63) is 83.1 Å². The number of ether oxygens (including phenoxy) is 1. The Labute approximate surface area is 167 Å². The Hall–Kier alpha value is -2.43. The van der Waals surface area contributed by atoms with Gasteiger partial charge in [0.05, 0.1) is 13.2 Å². The summed E-state index contributed by atoms with van der Waals surface area (Å²) in [4.78, 5) is 14.6. The van der Waals surface area contributed by atoms with Crippen molar-refractivity contribution in [2.24, 2.45) is 0 Å². The number of morpholine rings is 1. The lowest BCUT2D eigenvalue weighted by molar-refractivity contribution is -0.115. The van der Waals surface area contributed by atoms with Crippen LogP contribution in [0.2, 0.25) is 0 Å². The van der Waals surface area contributed by atoms with Crippen LogP contribution in [-0.4, -0.2) is 37.0 Å². The molecule has 2 aliphatic rings. The van der Waals surface area contributed by atoms with E-state index < -0.39 is 0 Å². The van der Waals surface area contributed by atoms with E-state index >= 15 is 0 Å². The normalized spacial score (nSPS) is 20.6. The molecule has 1 heterocycles. The van der Waals surface area contributed by atoms with Gasteiger partial charge in [-0.25, -0.2) is 0 Å². The summed E-state index contributed by atoms with van der Waals surface area (Å²) in [7, 11) is 0. The van der Waals surface area contributed by atoms with Gasteiger partial charge < -0.3 is 10.1 Å². The molecule has 1 saturated heterocycles. The number of nitrogens with zero attached hydrogens (tertiary/aromatic N) is 1. The van der Waals surface area contributed by atoms with E-state index in [1.54, 1.807) is 6.08 Å². The Balaban J connectivity index is 1.31. The molecule has 4 nitrogen and oxygen atoms in total. The first-order valence-corrected chi connectivity index (χ1v) is 10.2. The molecule has 4 rings (SSSR count). The monoisotopic (exact) mass is 376 g/mol. The van der Waals surface area contributed by atoms with Gasteiger partial charge in [0.1, 0.15) is 0 Å². The van der Waals surface area contributed by atoms with Gasteiger partial charge in [-0.15, -0.1) is 0 Å². The molecular formula is C24H28N2O2. The van der Waals surface area contributed by atoms with Crippen molar-refractivity contribution in [3.8, 4) is 0 Å². The van der Waals surface area contributed by atoms with E-state index in [4.69, 9.17) is 4.74 Å². The molecule has 0 bridgehead atoms. The number of hydrogen-bond donors (Lipinski definition) is 1. The molecule has 0 saturated carbocycles. The molecular weight excluding hydrogens is 348 g/mol. The van der Waals surface area contributed by atoms with Crippen LogP contribution in [0.25, 0.3) is 0 Å². The third kappa shape index (κ3) is 5.09. The zero-order chi connectivity index (χ0) is 19.2. The number of ketones is 1. The van der Waals surface area contributed by atoms with Gasteiger partial charge in [0.15, 0.2) is 5.78 Å². The van der Waals surface area contributed by atoms with Gasteiger partial charge in [-0.3, -0.25) is 9.69 Å². The average molecular weight is 377 g/mol. The fourth-order valence-corrected chi connectivity index (χ4v) is 3.97. The van der Waals surface area contributed by atoms with Crippen molar-refractivity contribution in [1.29, 1.82) is 0 Å². The number of hydrogen-bond acceptors (Lipinski definition) is 4. The smallest absolute Gasteiger partial charge is 0.158 e. The first-order chi connectivity index (χ1) is 13.8. The molecule has 1 N–H and O–H groups in total. The lowest BCUT2D eigenvalue weighted by atomic mass is 9.85. The lowest BCUT2D eigenvalue weighted by Gasteiger charge is -2.26. The third-order valence-electron chi connectivity index (χ3n) is 5.57. The Kier molecular flexibility index (Phi) is 6.20. The van der Waals surface area contributed by atoms with Crippen molar-refractivity contribution in [1.82, 2.24) is 10.2 Å². The standard InChI is InChI=1S/C24H28N2O2/c27-24-15-22(21-4-2-1-3-5-21)14-23(16-24)25-17-19-6-8-20(9-7-19)18-26-10-12-28-13-11-26/h1-9,16,22,25H,10-15,17-18H2. The number of allylic oxidation sites excluding steroid dienone is 2. The topological polar surface area (TPSA) is 41.6 Å². The molecule has 4 heteroatoms. The van der Waals surface area contributed by atoms with Crippen LogP contribution in [-0.2, 0) is 22.6 Å². The van der Waals surface area contributed by atoms with E-state index in [9.17, 15) is 4.79 Å². The van der Waals surface area contributed by atoms with Crippen LogP contribution >= 0.6 is 0 Å². The van der Waals surface area contributed by atoms with Gasteiger partial charge in [-0.1, -0.05) is 54.6 Å². The fourth-order valence-electron chi connectivity index (χ4n) is 3.97. The Bertz CT molecular complexity index is 808. The molecule has 2 aromatic carbocycles. The summed E-state index contributed by atoms with van der Waals surface area (Å²) in [5.41, 5.74) is 4.86. The first-order valence-electron chi connectivity index (χ1n) is 10.2. The number of benzene rings is 2. The van der Waals surface area contributed by atoms with Crippen molar-refractivity contribution in [3.63, 3.8) is 0 Å². The summed E-state index contributed by atoms with van der Waals surface area (Å²) in [6.07, 6.45) is 3.28. The molecule has 0 spiro atoms. The van der Waals surface area contributed by atoms with Gasteiger partial charge in [0.2, 0.25) is 0 Å². The number of nitrogens with one attached hydrogen (secondary N) is 1. The van der Waals surface area contributed by atoms with Crippen molar-refractivity contribution < 1.29 is 9.53 Å². The van der Waals surface area contributed by atoms with Crippen LogP contribution in [0.15, 0.2) is 66.4 Å². The highest BCUT2D eigenvalue weighted by Gasteiger charge is 2.22. The van der Waals surface area contributed by atoms with E-state index in [0.29, 0.717) is 6.42 Å². The third-order valence-corrected chi connectivity index (χ3v) is 5.57. The fraction of sp³-hybridized carbons (Fsp3) is 0.375. The van der Waals surface area contributed by atoms with E-state index in [-0.39, 0.29) is 11.7 Å². The van der Waals surface area contributed by atoms with Gasteiger partial charge in [0, 0.05) is 44.4 Å². The van der Waals surface area contributed by atoms with Gasteiger partial charge >= 0.3 is 0 Å². The quantitative estimate of drug-likeness (QED) is 0.836. The summed E-state index contributed by atoms with van der Waals surface area (Å²) in [6.45, 7) is 5.41. The maximum Gasteiger partial charge on any atom is 0.158 e. The highest BCUT2D eigenvalue weighted by molar-refractivity contribution is 5.91. The van der Waals surface area contributed by atoms with Crippen LogP contribution in [0.1, 0.15) is 35.4 Å². The summed E-state index contributed by atoms with van der Waals surface area (Å²) >= 11 is 0. The molecule has 2 aromatic rings. The Morgan fingerprint density at radius 1 is 0.929 bits per heavy atom. The summed E-state index contributed by atoms with van der Waals surface area (Å²) in [5, 5.41) is 3.48. The second-order valence-corrected chi connectivity index (χ2v) is 7.71. The van der Waals surface area contributed by atoms with E-state index in [2.05, 4.69) is 46.6 Å². The predicted molar refractivity (Wildman–Crippen MR) is 111 cm³/mol. The second kappa shape index (κ2) is 9.18. The zero-order valence-electron chi connectivity index (χ0n) is 16.3. The summed E-state index contributed by atoms with van der Waals surface area (Å²) < 4.78 is 5.41. The predicted octanol–water partition coefficient (Wildman–Crippen LogP) is 3.64. The molecule has 146 valence electrons. The molecule has 0 aromatic heterocycles. The summed E-state index contributed by atoms with van der Waals surface area (Å²) in [6, 6.07) is 19.1. The molecule has 1 aliphatic heterocycles. The molecule has 1 aliphatic carbocycles. The van der Waals surface area contributed by atoms with Gasteiger partial charge in [0.25, 0.3) is 0 Å². The zero-order valence-corrected chi connectivity index (χ0v) is 16.3. The molecule has 0 radical (unpaired) electrons. The number of carbonyl (C=O) groups is 1. The first kappa shape index (κ1) is 18.9. The lowest BCUT2D eigenvalue weighted by Crippen LogP contribution is -2.35. The van der Waals surface area contributed by atoms with Crippen LogP contribution in [0.4, 0.5) is 0 Å². The van der Waals surface area contributed by atoms with Crippen LogP contribution in [0.3, 0.4) is 0 Å². The van der Waals surface area contributed by atoms with E-state index in [0.717, 1.165) is 51.5 Å². The van der Waals surface area contributed by atoms with Gasteiger partial charge in [-0.05, 0) is 29.0 Å². The maximum absolute atomic E-state index is 12.2. The molecule has 1 fully saturated rings. The van der Waals surface area contributed by atoms with Crippen LogP contribution in [0.5, 0.6) is 0 Å². The average Bonchev–Trinajstić information content (AvgIpc) is 2.74. The Morgan fingerprint density at radius 2 is 1.64 bits per heavy atom. The highest BCUT2D eigenvalue weighted by Crippen LogP contribution is 2.30. The SMILES string of the molecule is O=C1C=C(NCc2ccc(CN3CCOCC3)cc2)CC(c2ccccc2)C1. The van der Waals surface area contributed by atoms with Crippen molar-refractivity contribution in [2.75, 3.05) is 26.3 Å². The summed E-state index contributed by atoms with van der Waals surface area (Å²) in [5.74, 6) is 0.487. The van der Waals surface area contributed by atoms with Crippen molar-refractivity contribution in [2.45, 2.75) is 31.8 Å². The second-order valence-electron chi connectivity index (χ2n) is 7.71. The molecule has 1 atom stereocenters. The van der Waals surface area contributed by atoms with E-state index in [1.807, 2.05) is 18.2 Å². The minimum atomic E-state index is 0.212. The van der Waals surface area contributed by atoms with E-state index in [1.165, 1.54) is 16.7 Å². The molecule has 1 unspecified atom stereocenters. The van der Waals surface area contributed by atoms with Crippen molar-refractivity contribution >= 4 is 5.78 Å². The molecule has 28 heavy (non-hydrogen) atoms. The van der Waals surface area contributed by atoms with Gasteiger partial charge in [-0.2, -0.15) is 0 Å². The largest absolute Gasteiger partial charge is 0.384 e. The minimum absolute atomic E-state index is 0.212. The van der Waals surface area contributed by atoms with Crippen LogP contribution < -0.4 is 5.32 Å². The minimum Gasteiger partial charge on any atom is -0.384 e. The number of carbonyl (C=O) groups excluding carboxylic acids is 1. The highest BCUT2D eigenvalue weighted by atomic mass is 16.5. The number of rotatable bonds is 6. The Morgan fingerprint density at radius 3 is 2.39 bits per heavy atom. The molecule has 0 amide bonds. The van der Waals surface area contributed by atoms with Crippen LogP contribution in [0, 0.1) is 0 Å². The maximum atomic E-state index is 12.2.